The molecule has 32 heavy (non-hydrogen) atoms. The Hall–Kier alpha value is -2.85. The van der Waals surface area contributed by atoms with Crippen molar-refractivity contribution in [1.82, 2.24) is 24.6 Å². The summed E-state index contributed by atoms with van der Waals surface area (Å²) < 4.78 is 26.3. The second kappa shape index (κ2) is 9.74. The van der Waals surface area contributed by atoms with Crippen molar-refractivity contribution >= 4 is 23.6 Å². The SMILES string of the molecule is CCc1c(C)nc(NSc2cnn(C)c2)nc1Oc1cccc(N2CCN(C)CC2)c1F. The molecule has 0 atom stereocenters. The van der Waals surface area contributed by atoms with Crippen LogP contribution in [-0.2, 0) is 13.5 Å². The van der Waals surface area contributed by atoms with Gasteiger partial charge in [0.2, 0.25) is 11.8 Å². The molecule has 0 amide bonds. The Balaban J connectivity index is 1.57. The van der Waals surface area contributed by atoms with Gasteiger partial charge in [0.05, 0.1) is 16.8 Å². The van der Waals surface area contributed by atoms with Crippen LogP contribution in [-0.4, -0.2) is 57.9 Å². The summed E-state index contributed by atoms with van der Waals surface area (Å²) in [6.07, 6.45) is 4.32. The summed E-state index contributed by atoms with van der Waals surface area (Å²) in [5.74, 6) is 0.567. The Bertz CT molecular complexity index is 1080. The van der Waals surface area contributed by atoms with Crippen molar-refractivity contribution in [3.05, 3.63) is 47.7 Å². The van der Waals surface area contributed by atoms with Crippen molar-refractivity contribution < 1.29 is 9.13 Å². The predicted octanol–water partition coefficient (Wildman–Crippen LogP) is 3.88. The van der Waals surface area contributed by atoms with Gasteiger partial charge in [-0.05, 0) is 44.5 Å². The molecule has 8 nitrogen and oxygen atoms in total. The number of hydrogen-bond acceptors (Lipinski definition) is 8. The standard InChI is InChI=1S/C22H28FN7OS/c1-5-17-15(2)25-22(27-32-16-13-24-29(4)14-16)26-21(17)31-19-8-6-7-18(20(19)23)30-11-9-28(3)10-12-30/h6-8,13-14H,5,9-12H2,1-4H3,(H,25,26,27). The lowest BCUT2D eigenvalue weighted by Gasteiger charge is -2.34. The van der Waals surface area contributed by atoms with Crippen LogP contribution in [0.15, 0.2) is 35.5 Å². The molecule has 10 heteroatoms. The largest absolute Gasteiger partial charge is 0.435 e. The van der Waals surface area contributed by atoms with Crippen molar-refractivity contribution in [2.45, 2.75) is 25.2 Å². The number of benzene rings is 1. The number of nitrogens with one attached hydrogen (secondary N) is 1. The summed E-state index contributed by atoms with van der Waals surface area (Å²) in [5, 5.41) is 4.15. The molecule has 0 unspecified atom stereocenters. The van der Waals surface area contributed by atoms with E-state index in [1.54, 1.807) is 23.0 Å². The Labute approximate surface area is 191 Å². The molecule has 1 saturated heterocycles. The number of ether oxygens (including phenoxy) is 1. The molecule has 0 saturated carbocycles. The average Bonchev–Trinajstić information content (AvgIpc) is 3.19. The second-order valence-corrected chi connectivity index (χ2v) is 8.69. The first-order valence-electron chi connectivity index (χ1n) is 10.6. The predicted molar refractivity (Wildman–Crippen MR) is 125 cm³/mol. The second-order valence-electron chi connectivity index (χ2n) is 7.81. The van der Waals surface area contributed by atoms with Crippen molar-refractivity contribution in [3.63, 3.8) is 0 Å². The summed E-state index contributed by atoms with van der Waals surface area (Å²) >= 11 is 1.36. The lowest BCUT2D eigenvalue weighted by molar-refractivity contribution is 0.311. The van der Waals surface area contributed by atoms with Crippen LogP contribution in [0.1, 0.15) is 18.2 Å². The van der Waals surface area contributed by atoms with Crippen LogP contribution in [0.5, 0.6) is 11.6 Å². The molecule has 1 fully saturated rings. The molecule has 170 valence electrons. The van der Waals surface area contributed by atoms with E-state index in [9.17, 15) is 0 Å². The summed E-state index contributed by atoms with van der Waals surface area (Å²) in [7, 11) is 3.94. The maximum Gasteiger partial charge on any atom is 0.236 e. The number of hydrogen-bond donors (Lipinski definition) is 1. The minimum atomic E-state index is -0.366. The van der Waals surface area contributed by atoms with Crippen LogP contribution >= 0.6 is 11.9 Å². The van der Waals surface area contributed by atoms with E-state index in [1.165, 1.54) is 11.9 Å². The Morgan fingerprint density at radius 1 is 1.16 bits per heavy atom. The minimum Gasteiger partial charge on any atom is -0.435 e. The number of likely N-dealkylation sites (N-methyl/N-ethyl adjacent to an activating group) is 1. The monoisotopic (exact) mass is 457 g/mol. The van der Waals surface area contributed by atoms with Crippen LogP contribution in [0.25, 0.3) is 0 Å². The van der Waals surface area contributed by atoms with Gasteiger partial charge in [0.25, 0.3) is 0 Å². The van der Waals surface area contributed by atoms with Gasteiger partial charge in [-0.2, -0.15) is 10.1 Å². The van der Waals surface area contributed by atoms with Gasteiger partial charge in [-0.1, -0.05) is 13.0 Å². The molecular weight excluding hydrogens is 429 g/mol. The van der Waals surface area contributed by atoms with E-state index in [2.05, 4.69) is 36.6 Å². The van der Waals surface area contributed by atoms with Gasteiger partial charge in [-0.15, -0.1) is 0 Å². The number of anilines is 2. The molecule has 2 aromatic heterocycles. The highest BCUT2D eigenvalue weighted by atomic mass is 32.2. The fourth-order valence-corrected chi connectivity index (χ4v) is 4.24. The van der Waals surface area contributed by atoms with Crippen molar-refractivity contribution in [3.8, 4) is 11.6 Å². The molecule has 1 N–H and O–H groups in total. The van der Waals surface area contributed by atoms with E-state index >= 15 is 4.39 Å². The van der Waals surface area contributed by atoms with Gasteiger partial charge in [0.15, 0.2) is 11.6 Å². The lowest BCUT2D eigenvalue weighted by atomic mass is 10.2. The molecule has 3 heterocycles. The van der Waals surface area contributed by atoms with Gasteiger partial charge < -0.3 is 14.5 Å². The fourth-order valence-electron chi connectivity index (χ4n) is 3.64. The zero-order valence-corrected chi connectivity index (χ0v) is 19.6. The Morgan fingerprint density at radius 3 is 2.62 bits per heavy atom. The third-order valence-electron chi connectivity index (χ3n) is 5.46. The zero-order valence-electron chi connectivity index (χ0n) is 18.8. The smallest absolute Gasteiger partial charge is 0.236 e. The molecule has 0 bridgehead atoms. The van der Waals surface area contributed by atoms with Crippen LogP contribution in [0.2, 0.25) is 0 Å². The third kappa shape index (κ3) is 4.97. The van der Waals surface area contributed by atoms with E-state index in [0.717, 1.165) is 42.3 Å². The molecule has 0 spiro atoms. The molecule has 1 aromatic carbocycles. The van der Waals surface area contributed by atoms with E-state index < -0.39 is 0 Å². The first-order chi connectivity index (χ1) is 15.4. The summed E-state index contributed by atoms with van der Waals surface area (Å²) in [6, 6.07) is 5.27. The average molecular weight is 458 g/mol. The normalized spacial score (nSPS) is 14.6. The van der Waals surface area contributed by atoms with Gasteiger partial charge >= 0.3 is 0 Å². The van der Waals surface area contributed by atoms with E-state index in [-0.39, 0.29) is 11.6 Å². The lowest BCUT2D eigenvalue weighted by Crippen LogP contribution is -2.44. The molecule has 3 aromatic rings. The Morgan fingerprint density at radius 2 is 1.94 bits per heavy atom. The maximum atomic E-state index is 15.4. The summed E-state index contributed by atoms with van der Waals surface area (Å²) in [6.45, 7) is 7.28. The molecule has 4 rings (SSSR count). The molecule has 1 aliphatic heterocycles. The fraction of sp³-hybridized carbons (Fsp3) is 0.409. The van der Waals surface area contributed by atoms with Crippen molar-refractivity contribution in [1.29, 1.82) is 0 Å². The Kier molecular flexibility index (Phi) is 6.80. The molecule has 1 aliphatic rings. The van der Waals surface area contributed by atoms with Crippen LogP contribution < -0.4 is 14.4 Å². The van der Waals surface area contributed by atoms with Crippen LogP contribution in [0.4, 0.5) is 16.0 Å². The number of piperazine rings is 1. The molecule has 0 radical (unpaired) electrons. The highest BCUT2D eigenvalue weighted by molar-refractivity contribution is 8.00. The highest BCUT2D eigenvalue weighted by Gasteiger charge is 2.21. The van der Waals surface area contributed by atoms with Crippen molar-refractivity contribution in [2.24, 2.45) is 7.05 Å². The number of nitrogens with zero attached hydrogens (tertiary/aromatic N) is 6. The summed E-state index contributed by atoms with van der Waals surface area (Å²) in [5.41, 5.74) is 2.21. The summed E-state index contributed by atoms with van der Waals surface area (Å²) in [4.78, 5) is 14.3. The van der Waals surface area contributed by atoms with Gasteiger partial charge in [0.1, 0.15) is 0 Å². The van der Waals surface area contributed by atoms with E-state index in [4.69, 9.17) is 4.74 Å². The van der Waals surface area contributed by atoms with Gasteiger partial charge in [0, 0.05) is 50.7 Å². The maximum absolute atomic E-state index is 15.4. The molecule has 0 aliphatic carbocycles. The van der Waals surface area contributed by atoms with Crippen molar-refractivity contribution in [2.75, 3.05) is 42.8 Å². The third-order valence-corrected chi connectivity index (χ3v) is 6.20. The molecular formula is C22H28FN7OS. The van der Waals surface area contributed by atoms with Gasteiger partial charge in [-0.25, -0.2) is 9.37 Å². The van der Waals surface area contributed by atoms with Crippen LogP contribution in [0.3, 0.4) is 0 Å². The number of aryl methyl sites for hydroxylation is 2. The zero-order chi connectivity index (χ0) is 22.7. The van der Waals surface area contributed by atoms with Crippen LogP contribution in [0, 0.1) is 12.7 Å². The van der Waals surface area contributed by atoms with E-state index in [0.29, 0.717) is 23.9 Å². The number of halogens is 1. The topological polar surface area (TPSA) is 71.3 Å². The quantitative estimate of drug-likeness (QED) is 0.536. The number of aromatic nitrogens is 4. The van der Waals surface area contributed by atoms with E-state index in [1.807, 2.05) is 33.2 Å². The number of rotatable bonds is 7. The first kappa shape index (κ1) is 22.3. The minimum absolute atomic E-state index is 0.167. The highest BCUT2D eigenvalue weighted by Crippen LogP contribution is 2.33. The van der Waals surface area contributed by atoms with Gasteiger partial charge in [-0.3, -0.25) is 9.40 Å². The first-order valence-corrected chi connectivity index (χ1v) is 11.4.